The second-order valence-corrected chi connectivity index (χ2v) is 20.4. The van der Waals surface area contributed by atoms with E-state index < -0.39 is 16.1 Å². The SMILES string of the molecule is C.C#C[Si](C)(C)C.CCOC(=O)c1ccc(Br)nc1.CCOC(=O)c1ccc(C#C[Si](C)(C)C)nc1.ClCCl. The first-order valence-corrected chi connectivity index (χ1v) is 20.5. The Bertz CT molecular complexity index is 1070. The maximum atomic E-state index is 11.4. The van der Waals surface area contributed by atoms with Gasteiger partial charge in [-0.25, -0.2) is 19.6 Å². The van der Waals surface area contributed by atoms with Gasteiger partial charge in [0.25, 0.3) is 0 Å². The Kier molecular flexibility index (Phi) is 24.0. The van der Waals surface area contributed by atoms with Gasteiger partial charge in [-0.3, -0.25) is 0 Å². The summed E-state index contributed by atoms with van der Waals surface area (Å²) in [6, 6.07) is 6.81. The van der Waals surface area contributed by atoms with Gasteiger partial charge in [0.2, 0.25) is 0 Å². The number of hydrogen-bond donors (Lipinski definition) is 0. The van der Waals surface area contributed by atoms with E-state index in [0.717, 1.165) is 0 Å². The highest BCUT2D eigenvalue weighted by atomic mass is 79.9. The highest BCUT2D eigenvalue weighted by Gasteiger charge is 2.09. The summed E-state index contributed by atoms with van der Waals surface area (Å²) in [4.78, 5) is 30.5. The van der Waals surface area contributed by atoms with Crippen molar-refractivity contribution >= 4 is 67.2 Å². The van der Waals surface area contributed by atoms with Crippen molar-refractivity contribution in [1.29, 1.82) is 0 Å². The van der Waals surface area contributed by atoms with Gasteiger partial charge in [0.1, 0.15) is 26.4 Å². The average molecular weight is 677 g/mol. The molecule has 0 aliphatic rings. The molecule has 0 aliphatic carbocycles. The maximum absolute atomic E-state index is 11.4. The van der Waals surface area contributed by atoms with Crippen molar-refractivity contribution < 1.29 is 19.1 Å². The van der Waals surface area contributed by atoms with Crippen LogP contribution in [-0.4, -0.2) is 56.6 Å². The van der Waals surface area contributed by atoms with Gasteiger partial charge in [0, 0.05) is 12.4 Å². The number of alkyl halides is 2. The summed E-state index contributed by atoms with van der Waals surface area (Å²) in [6.07, 6.45) is 8.10. The molecule has 0 radical (unpaired) electrons. The predicted octanol–water partition coefficient (Wildman–Crippen LogP) is 8.06. The standard InChI is InChI=1S/C13H17NO2Si.C8H8BrNO2.C5H10Si.CH2Cl2.CH4/c1-5-16-13(15)11-6-7-12(14-10-11)8-9-17(2,3)4;1-2-12-8(11)6-3-4-7(9)10-5-6;1-5-6(2,3)4;2-1-3;/h6-7,10H,5H2,1-4H3;3-5H,2H2,1H3;1H,2-4H3;1H2;1H4. The number of rotatable bonds is 4. The first kappa shape index (κ1) is 41.3. The van der Waals surface area contributed by atoms with Crippen LogP contribution in [0.1, 0.15) is 47.7 Å². The highest BCUT2D eigenvalue weighted by molar-refractivity contribution is 9.10. The summed E-state index contributed by atoms with van der Waals surface area (Å²) in [5, 5.41) is 0.194. The van der Waals surface area contributed by atoms with Crippen LogP contribution in [0.4, 0.5) is 0 Å². The second kappa shape index (κ2) is 22.6. The van der Waals surface area contributed by atoms with E-state index in [4.69, 9.17) is 39.1 Å². The summed E-state index contributed by atoms with van der Waals surface area (Å²) in [7, 11) is -2.48. The molecule has 2 aromatic rings. The van der Waals surface area contributed by atoms with E-state index in [0.29, 0.717) is 34.6 Å². The topological polar surface area (TPSA) is 78.4 Å². The summed E-state index contributed by atoms with van der Waals surface area (Å²) in [6.45, 7) is 17.3. The molecule has 216 valence electrons. The van der Waals surface area contributed by atoms with Gasteiger partial charge in [-0.1, -0.05) is 52.6 Å². The third-order valence-electron chi connectivity index (χ3n) is 3.51. The number of pyridine rings is 2. The molecule has 0 bridgehead atoms. The molecule has 39 heavy (non-hydrogen) atoms. The van der Waals surface area contributed by atoms with E-state index in [1.807, 2.05) is 0 Å². The van der Waals surface area contributed by atoms with E-state index in [1.165, 1.54) is 12.4 Å². The zero-order valence-corrected chi connectivity index (χ0v) is 28.4. The van der Waals surface area contributed by atoms with Crippen LogP contribution in [0.3, 0.4) is 0 Å². The molecule has 0 N–H and O–H groups in total. The number of carbonyl (C=O) groups excluding carboxylic acids is 2. The Morgan fingerprint density at radius 2 is 1.28 bits per heavy atom. The summed E-state index contributed by atoms with van der Waals surface area (Å²) in [5.74, 6) is 2.35. The normalized spacial score (nSPS) is 9.49. The molecule has 0 atom stereocenters. The lowest BCUT2D eigenvalue weighted by Gasteiger charge is -2.03. The Morgan fingerprint density at radius 1 is 0.872 bits per heavy atom. The molecule has 2 rings (SSSR count). The summed E-state index contributed by atoms with van der Waals surface area (Å²) in [5.41, 5.74) is 7.60. The first-order chi connectivity index (χ1) is 17.6. The molecular formula is C28H41BrCl2N2O4Si2. The van der Waals surface area contributed by atoms with Crippen LogP contribution in [0.2, 0.25) is 39.3 Å². The smallest absolute Gasteiger partial charge is 0.339 e. The average Bonchev–Trinajstić information content (AvgIpc) is 2.84. The highest BCUT2D eigenvalue weighted by Crippen LogP contribution is 2.07. The third-order valence-corrected chi connectivity index (χ3v) is 5.72. The molecule has 0 fully saturated rings. The Balaban J connectivity index is -0.000000513. The minimum Gasteiger partial charge on any atom is -0.462 e. The fourth-order valence-corrected chi connectivity index (χ4v) is 2.50. The number of hydrogen-bond acceptors (Lipinski definition) is 6. The molecule has 0 unspecified atom stereocenters. The van der Waals surface area contributed by atoms with Crippen molar-refractivity contribution in [1.82, 2.24) is 9.97 Å². The number of terminal acetylenes is 1. The van der Waals surface area contributed by atoms with Gasteiger partial charge in [-0.05, 0) is 54.0 Å². The third kappa shape index (κ3) is 24.6. The molecule has 2 aromatic heterocycles. The second-order valence-electron chi connectivity index (χ2n) is 9.24. The number of halogens is 3. The fourth-order valence-electron chi connectivity index (χ4n) is 1.77. The maximum Gasteiger partial charge on any atom is 0.339 e. The van der Waals surface area contributed by atoms with Gasteiger partial charge >= 0.3 is 11.9 Å². The van der Waals surface area contributed by atoms with Gasteiger partial charge in [0.05, 0.1) is 29.7 Å². The number of aromatic nitrogens is 2. The molecule has 0 aliphatic heterocycles. The molecule has 0 saturated carbocycles. The Labute approximate surface area is 255 Å². The van der Waals surface area contributed by atoms with Crippen molar-refractivity contribution in [3.05, 3.63) is 58.1 Å². The number of carbonyl (C=O) groups is 2. The zero-order chi connectivity index (χ0) is 29.8. The van der Waals surface area contributed by atoms with Crippen molar-refractivity contribution in [2.75, 3.05) is 18.6 Å². The Morgan fingerprint density at radius 3 is 1.56 bits per heavy atom. The largest absolute Gasteiger partial charge is 0.462 e. The van der Waals surface area contributed by atoms with Crippen LogP contribution in [0.25, 0.3) is 0 Å². The lowest BCUT2D eigenvalue weighted by atomic mass is 10.2. The van der Waals surface area contributed by atoms with Crippen LogP contribution >= 0.6 is 39.1 Å². The van der Waals surface area contributed by atoms with Gasteiger partial charge in [-0.2, -0.15) is 0 Å². The Hall–Kier alpha value is -2.15. The molecule has 0 saturated heterocycles. The lowest BCUT2D eigenvalue weighted by Crippen LogP contribution is -2.16. The van der Waals surface area contributed by atoms with E-state index in [2.05, 4.69) is 82.2 Å². The number of ether oxygens (including phenoxy) is 2. The minimum atomic E-state index is -1.38. The van der Waals surface area contributed by atoms with Crippen molar-refractivity contribution in [3.8, 4) is 23.4 Å². The van der Waals surface area contributed by atoms with Crippen molar-refractivity contribution in [2.45, 2.75) is 60.6 Å². The van der Waals surface area contributed by atoms with Crippen LogP contribution < -0.4 is 0 Å². The van der Waals surface area contributed by atoms with Gasteiger partial charge in [-0.15, -0.1) is 40.7 Å². The molecule has 0 amide bonds. The van der Waals surface area contributed by atoms with Crippen molar-refractivity contribution in [2.24, 2.45) is 0 Å². The zero-order valence-electron chi connectivity index (χ0n) is 23.3. The molecule has 0 spiro atoms. The van der Waals surface area contributed by atoms with E-state index >= 15 is 0 Å². The van der Waals surface area contributed by atoms with Crippen LogP contribution in [-0.2, 0) is 9.47 Å². The van der Waals surface area contributed by atoms with Crippen LogP contribution in [0.5, 0.6) is 0 Å². The van der Waals surface area contributed by atoms with E-state index in [-0.39, 0.29) is 24.7 Å². The first-order valence-electron chi connectivity index (χ1n) is 11.7. The lowest BCUT2D eigenvalue weighted by molar-refractivity contribution is 0.0516. The monoisotopic (exact) mass is 674 g/mol. The molecule has 0 aromatic carbocycles. The fraction of sp³-hybridized carbons (Fsp3) is 0.429. The van der Waals surface area contributed by atoms with E-state index in [9.17, 15) is 9.59 Å². The molecule has 11 heteroatoms. The van der Waals surface area contributed by atoms with Crippen LogP contribution in [0.15, 0.2) is 41.3 Å². The number of nitrogens with zero attached hydrogens (tertiary/aromatic N) is 2. The predicted molar refractivity (Wildman–Crippen MR) is 174 cm³/mol. The van der Waals surface area contributed by atoms with Crippen LogP contribution in [0, 0.1) is 23.4 Å². The molecule has 2 heterocycles. The number of esters is 2. The summed E-state index contributed by atoms with van der Waals surface area (Å²) >= 11 is 12.7. The van der Waals surface area contributed by atoms with E-state index in [1.54, 1.807) is 38.1 Å². The summed E-state index contributed by atoms with van der Waals surface area (Å²) < 4.78 is 10.4. The molecule has 6 nitrogen and oxygen atoms in total. The van der Waals surface area contributed by atoms with Crippen molar-refractivity contribution in [3.63, 3.8) is 0 Å². The molecular weight excluding hydrogens is 635 g/mol. The quantitative estimate of drug-likeness (QED) is 0.107. The van der Waals surface area contributed by atoms with Gasteiger partial charge < -0.3 is 9.47 Å². The van der Waals surface area contributed by atoms with Gasteiger partial charge in [0.15, 0.2) is 0 Å². The minimum absolute atomic E-state index is 0.